The van der Waals surface area contributed by atoms with Crippen molar-refractivity contribution < 1.29 is 0 Å². The summed E-state index contributed by atoms with van der Waals surface area (Å²) in [5, 5.41) is 0. The predicted molar refractivity (Wildman–Crippen MR) is 261 cm³/mol. The smallest absolute Gasteiger partial charge is 0.220 e. The molecule has 0 atom stereocenters. The van der Waals surface area contributed by atoms with Crippen LogP contribution in [-0.2, 0) is 6.42 Å². The lowest BCUT2D eigenvalue weighted by Gasteiger charge is -2.42. The topological polar surface area (TPSA) is 25.3 Å². The number of aliphatic imine (C=N–C) groups is 1. The van der Waals surface area contributed by atoms with Crippen molar-refractivity contribution in [2.75, 3.05) is 19.6 Å². The number of nitrogens with zero attached hydrogens (tertiary/aromatic N) is 5. The van der Waals surface area contributed by atoms with Crippen LogP contribution in [0.15, 0.2) is 272 Å². The van der Waals surface area contributed by atoms with Crippen LogP contribution in [0, 0.1) is 0 Å². The van der Waals surface area contributed by atoms with Gasteiger partial charge in [-0.15, -0.1) is 0 Å². The number of para-hydroxylation sites is 8. The van der Waals surface area contributed by atoms with Crippen molar-refractivity contribution in [3.05, 3.63) is 272 Å². The van der Waals surface area contributed by atoms with Gasteiger partial charge in [0.15, 0.2) is 0 Å². The Morgan fingerprint density at radius 3 is 0.790 bits per heavy atom. The average molecular weight is 802 g/mol. The van der Waals surface area contributed by atoms with E-state index in [4.69, 9.17) is 4.99 Å². The molecule has 0 spiro atoms. The Morgan fingerprint density at radius 1 is 0.290 bits per heavy atom. The van der Waals surface area contributed by atoms with Crippen molar-refractivity contribution in [1.29, 1.82) is 0 Å². The summed E-state index contributed by atoms with van der Waals surface area (Å²) in [5.74, 6) is 0.740. The van der Waals surface area contributed by atoms with Crippen LogP contribution in [0.4, 0.5) is 51.2 Å². The van der Waals surface area contributed by atoms with Crippen LogP contribution in [-0.4, -0.2) is 12.1 Å². The highest BCUT2D eigenvalue weighted by Crippen LogP contribution is 2.38. The van der Waals surface area contributed by atoms with E-state index < -0.39 is 0 Å². The second-order valence-corrected chi connectivity index (χ2v) is 14.9. The molecule has 0 aliphatic heterocycles. The largest absolute Gasteiger partial charge is 0.320 e. The standard InChI is InChI=1S/C57H47N5/c1-9-25-48(26-10-1)59(49-27-11-2-12-28-49)56(60(50-29-13-3-14-30-50)51-31-15-4-16-32-51)45-46-41-43-47(44-42-46)58-57(61(52-33-17-5-18-34-52)53-35-19-6-20-36-53)62(54-37-21-7-22-38-54)55-39-23-8-24-40-55/h1-44,56H,45H2. The van der Waals surface area contributed by atoms with Crippen molar-refractivity contribution in [1.82, 2.24) is 0 Å². The van der Waals surface area contributed by atoms with Gasteiger partial charge in [0.1, 0.15) is 6.17 Å². The minimum Gasteiger partial charge on any atom is -0.320 e. The van der Waals surface area contributed by atoms with E-state index in [2.05, 4.69) is 287 Å². The van der Waals surface area contributed by atoms with Gasteiger partial charge in [0.2, 0.25) is 5.96 Å². The fraction of sp³-hybridized carbons (Fsp3) is 0.0351. The monoisotopic (exact) mass is 801 g/mol. The summed E-state index contributed by atoms with van der Waals surface area (Å²) in [5.41, 5.74) is 10.4. The van der Waals surface area contributed by atoms with Crippen molar-refractivity contribution in [2.45, 2.75) is 12.6 Å². The van der Waals surface area contributed by atoms with Gasteiger partial charge in [-0.25, -0.2) is 4.99 Å². The van der Waals surface area contributed by atoms with Crippen molar-refractivity contribution >= 4 is 57.1 Å². The molecule has 0 heterocycles. The van der Waals surface area contributed by atoms with E-state index in [1.807, 2.05) is 0 Å². The molecule has 0 saturated carbocycles. The predicted octanol–water partition coefficient (Wildman–Crippen LogP) is 14.9. The SMILES string of the molecule is c1ccc(N(C(=Nc2ccc(CC(N(c3ccccc3)c3ccccc3)N(c3ccccc3)c3ccccc3)cc2)N(c2ccccc2)c2ccccc2)c2ccccc2)cc1. The second kappa shape index (κ2) is 19.3. The lowest BCUT2D eigenvalue weighted by molar-refractivity contribution is 0.654. The minimum atomic E-state index is -0.159. The molecule has 300 valence electrons. The van der Waals surface area contributed by atoms with E-state index in [1.165, 1.54) is 5.56 Å². The molecule has 62 heavy (non-hydrogen) atoms. The summed E-state index contributed by atoms with van der Waals surface area (Å²) < 4.78 is 0. The van der Waals surface area contributed by atoms with Gasteiger partial charge in [0, 0.05) is 51.9 Å². The summed E-state index contributed by atoms with van der Waals surface area (Å²) >= 11 is 0. The van der Waals surface area contributed by atoms with E-state index in [0.29, 0.717) is 6.42 Å². The van der Waals surface area contributed by atoms with Gasteiger partial charge >= 0.3 is 0 Å². The summed E-state index contributed by atoms with van der Waals surface area (Å²) in [6, 6.07) is 93.5. The van der Waals surface area contributed by atoms with Crippen LogP contribution in [0.3, 0.4) is 0 Å². The fourth-order valence-electron chi connectivity index (χ4n) is 7.94. The number of guanidine groups is 1. The van der Waals surface area contributed by atoms with E-state index in [1.54, 1.807) is 0 Å². The molecule has 0 aliphatic carbocycles. The molecule has 0 fully saturated rings. The molecule has 9 aromatic rings. The summed E-state index contributed by atoms with van der Waals surface area (Å²) in [4.78, 5) is 15.0. The maximum atomic E-state index is 5.59. The molecule has 5 heteroatoms. The van der Waals surface area contributed by atoms with Crippen LogP contribution in [0.1, 0.15) is 5.56 Å². The fourth-order valence-corrected chi connectivity index (χ4v) is 7.94. The highest BCUT2D eigenvalue weighted by atomic mass is 15.4. The zero-order chi connectivity index (χ0) is 41.8. The normalized spacial score (nSPS) is 10.8. The third-order valence-corrected chi connectivity index (χ3v) is 10.8. The number of rotatable bonds is 13. The molecule has 0 radical (unpaired) electrons. The Kier molecular flexibility index (Phi) is 12.2. The molecule has 0 N–H and O–H groups in total. The van der Waals surface area contributed by atoms with Gasteiger partial charge in [-0.2, -0.15) is 0 Å². The van der Waals surface area contributed by atoms with E-state index in [0.717, 1.165) is 57.1 Å². The molecule has 9 rings (SSSR count). The maximum Gasteiger partial charge on any atom is 0.220 e. The van der Waals surface area contributed by atoms with Crippen LogP contribution in [0.25, 0.3) is 0 Å². The molecular weight excluding hydrogens is 755 g/mol. The molecule has 0 aliphatic rings. The van der Waals surface area contributed by atoms with E-state index in [9.17, 15) is 0 Å². The molecule has 0 amide bonds. The van der Waals surface area contributed by atoms with Crippen LogP contribution in [0.2, 0.25) is 0 Å². The lowest BCUT2D eigenvalue weighted by atomic mass is 10.0. The Morgan fingerprint density at radius 2 is 0.532 bits per heavy atom. The minimum absolute atomic E-state index is 0.159. The molecule has 9 aromatic carbocycles. The number of hydrogen-bond donors (Lipinski definition) is 0. The van der Waals surface area contributed by atoms with Crippen molar-refractivity contribution in [2.24, 2.45) is 4.99 Å². The van der Waals surface area contributed by atoms with Gasteiger partial charge < -0.3 is 9.80 Å². The second-order valence-electron chi connectivity index (χ2n) is 14.9. The highest BCUT2D eigenvalue weighted by Gasteiger charge is 2.30. The van der Waals surface area contributed by atoms with Crippen LogP contribution in [0.5, 0.6) is 0 Å². The van der Waals surface area contributed by atoms with Crippen LogP contribution < -0.4 is 19.6 Å². The zero-order valence-electron chi connectivity index (χ0n) is 34.4. The summed E-state index contributed by atoms with van der Waals surface area (Å²) in [6.45, 7) is 0. The Hall–Kier alpha value is -8.15. The third kappa shape index (κ3) is 9.03. The van der Waals surface area contributed by atoms with Gasteiger partial charge in [0.05, 0.1) is 5.69 Å². The maximum absolute atomic E-state index is 5.59. The van der Waals surface area contributed by atoms with Crippen molar-refractivity contribution in [3.63, 3.8) is 0 Å². The van der Waals surface area contributed by atoms with Crippen molar-refractivity contribution in [3.8, 4) is 0 Å². The van der Waals surface area contributed by atoms with Crippen LogP contribution >= 0.6 is 0 Å². The first-order valence-electron chi connectivity index (χ1n) is 21.1. The number of benzene rings is 9. The Bertz CT molecular complexity index is 2410. The molecule has 5 nitrogen and oxygen atoms in total. The Labute approximate surface area is 365 Å². The zero-order valence-corrected chi connectivity index (χ0v) is 34.4. The average Bonchev–Trinajstić information content (AvgIpc) is 3.35. The Balaban J connectivity index is 1.19. The van der Waals surface area contributed by atoms with Gasteiger partial charge in [-0.05, 0) is 115 Å². The molecule has 0 aromatic heterocycles. The van der Waals surface area contributed by atoms with Gasteiger partial charge in [-0.1, -0.05) is 158 Å². The highest BCUT2D eigenvalue weighted by molar-refractivity contribution is 6.16. The summed E-state index contributed by atoms with van der Waals surface area (Å²) in [7, 11) is 0. The van der Waals surface area contributed by atoms with Gasteiger partial charge in [-0.3, -0.25) is 9.80 Å². The first-order valence-corrected chi connectivity index (χ1v) is 21.1. The molecular formula is C57H47N5. The third-order valence-electron chi connectivity index (χ3n) is 10.8. The van der Waals surface area contributed by atoms with E-state index in [-0.39, 0.29) is 6.17 Å². The number of anilines is 8. The molecule has 0 saturated heterocycles. The first-order chi connectivity index (χ1) is 30.8. The number of hydrogen-bond acceptors (Lipinski definition) is 3. The summed E-state index contributed by atoms with van der Waals surface area (Å²) in [6.07, 6.45) is 0.540. The van der Waals surface area contributed by atoms with Gasteiger partial charge in [0.25, 0.3) is 0 Å². The molecule has 0 unspecified atom stereocenters. The van der Waals surface area contributed by atoms with E-state index >= 15 is 0 Å². The molecule has 0 bridgehead atoms. The quantitative estimate of drug-likeness (QED) is 0.0659. The lowest BCUT2D eigenvalue weighted by Crippen LogP contribution is -2.46. The first kappa shape index (κ1) is 39.3.